The molecular formula is C15H26N2OS2. The van der Waals surface area contributed by atoms with Gasteiger partial charge in [-0.3, -0.25) is 4.79 Å². The van der Waals surface area contributed by atoms with Gasteiger partial charge in [0.05, 0.1) is 5.75 Å². The standard InChI is InChI=1S/C15H26N2OS2/c1-12-6-9-16(10-7-12)15(19)20-11-14(18)17-8-4-3-5-13(17)2/h12-13H,3-11H2,1-2H3. The van der Waals surface area contributed by atoms with Crippen LogP contribution >= 0.6 is 24.0 Å². The van der Waals surface area contributed by atoms with E-state index in [1.54, 1.807) is 11.8 Å². The number of thioether (sulfide) groups is 1. The molecule has 0 aromatic rings. The van der Waals surface area contributed by atoms with Crippen molar-refractivity contribution in [2.75, 3.05) is 25.4 Å². The van der Waals surface area contributed by atoms with Gasteiger partial charge in [0.15, 0.2) is 0 Å². The zero-order chi connectivity index (χ0) is 14.5. The highest BCUT2D eigenvalue weighted by atomic mass is 32.2. The van der Waals surface area contributed by atoms with Crippen molar-refractivity contribution in [1.82, 2.24) is 9.80 Å². The van der Waals surface area contributed by atoms with Gasteiger partial charge in [0.1, 0.15) is 4.32 Å². The average Bonchev–Trinajstić information content (AvgIpc) is 2.45. The topological polar surface area (TPSA) is 23.6 Å². The first kappa shape index (κ1) is 16.1. The molecule has 5 heteroatoms. The molecule has 1 amide bonds. The summed E-state index contributed by atoms with van der Waals surface area (Å²) in [5.74, 6) is 1.58. The Bertz CT molecular complexity index is 354. The molecule has 0 bridgehead atoms. The van der Waals surface area contributed by atoms with Crippen LogP contribution in [0.15, 0.2) is 0 Å². The molecule has 2 saturated heterocycles. The fraction of sp³-hybridized carbons (Fsp3) is 0.867. The van der Waals surface area contributed by atoms with Crippen LogP contribution in [0.2, 0.25) is 0 Å². The first-order valence-corrected chi connectivity index (χ1v) is 9.18. The number of likely N-dealkylation sites (tertiary alicyclic amines) is 2. The van der Waals surface area contributed by atoms with Crippen molar-refractivity contribution in [2.24, 2.45) is 5.92 Å². The second-order valence-corrected chi connectivity index (χ2v) is 7.77. The summed E-state index contributed by atoms with van der Waals surface area (Å²) in [5.41, 5.74) is 0. The van der Waals surface area contributed by atoms with Gasteiger partial charge in [-0.2, -0.15) is 0 Å². The van der Waals surface area contributed by atoms with E-state index in [1.807, 2.05) is 4.90 Å². The molecule has 2 fully saturated rings. The number of nitrogens with zero attached hydrogens (tertiary/aromatic N) is 2. The minimum absolute atomic E-state index is 0.259. The molecule has 0 spiro atoms. The summed E-state index contributed by atoms with van der Waals surface area (Å²) in [4.78, 5) is 16.6. The Kier molecular flexibility index (Phi) is 6.15. The molecular weight excluding hydrogens is 288 g/mol. The molecule has 20 heavy (non-hydrogen) atoms. The third-order valence-electron chi connectivity index (χ3n) is 4.48. The Morgan fingerprint density at radius 1 is 1.15 bits per heavy atom. The zero-order valence-electron chi connectivity index (χ0n) is 12.6. The Balaban J connectivity index is 1.73. The van der Waals surface area contributed by atoms with Gasteiger partial charge in [0, 0.05) is 25.7 Å². The highest BCUT2D eigenvalue weighted by molar-refractivity contribution is 8.23. The van der Waals surface area contributed by atoms with Crippen LogP contribution in [-0.2, 0) is 4.79 Å². The van der Waals surface area contributed by atoms with E-state index < -0.39 is 0 Å². The quantitative estimate of drug-likeness (QED) is 0.731. The minimum Gasteiger partial charge on any atom is -0.357 e. The smallest absolute Gasteiger partial charge is 0.233 e. The predicted molar refractivity (Wildman–Crippen MR) is 90.1 cm³/mol. The number of carbonyl (C=O) groups excluding carboxylic acids is 1. The minimum atomic E-state index is 0.259. The summed E-state index contributed by atoms with van der Waals surface area (Å²) < 4.78 is 0.912. The van der Waals surface area contributed by atoms with E-state index in [0.717, 1.165) is 42.7 Å². The fourth-order valence-electron chi connectivity index (χ4n) is 2.96. The third kappa shape index (κ3) is 4.35. The van der Waals surface area contributed by atoms with Gasteiger partial charge in [-0.05, 0) is 44.9 Å². The van der Waals surface area contributed by atoms with Crippen molar-refractivity contribution in [3.8, 4) is 0 Å². The molecule has 1 atom stereocenters. The number of piperidine rings is 2. The molecule has 0 radical (unpaired) electrons. The summed E-state index contributed by atoms with van der Waals surface area (Å²) in [7, 11) is 0. The van der Waals surface area contributed by atoms with Gasteiger partial charge in [-0.1, -0.05) is 30.9 Å². The van der Waals surface area contributed by atoms with Gasteiger partial charge in [-0.25, -0.2) is 0 Å². The van der Waals surface area contributed by atoms with Crippen LogP contribution < -0.4 is 0 Å². The lowest BCUT2D eigenvalue weighted by molar-refractivity contribution is -0.131. The van der Waals surface area contributed by atoms with Crippen molar-refractivity contribution >= 4 is 34.2 Å². The van der Waals surface area contributed by atoms with Crippen LogP contribution in [-0.4, -0.2) is 51.5 Å². The van der Waals surface area contributed by atoms with E-state index in [1.165, 1.54) is 19.3 Å². The normalized spacial score (nSPS) is 24.8. The van der Waals surface area contributed by atoms with E-state index in [9.17, 15) is 4.79 Å². The number of carbonyl (C=O) groups is 1. The van der Waals surface area contributed by atoms with Gasteiger partial charge >= 0.3 is 0 Å². The van der Waals surface area contributed by atoms with Crippen molar-refractivity contribution in [3.63, 3.8) is 0 Å². The number of hydrogen-bond acceptors (Lipinski definition) is 3. The maximum atomic E-state index is 12.3. The number of amides is 1. The molecule has 0 saturated carbocycles. The molecule has 1 unspecified atom stereocenters. The molecule has 114 valence electrons. The van der Waals surface area contributed by atoms with Gasteiger partial charge in [0.2, 0.25) is 5.91 Å². The third-order valence-corrected chi connectivity index (χ3v) is 5.99. The Morgan fingerprint density at radius 3 is 2.50 bits per heavy atom. The molecule has 0 N–H and O–H groups in total. The average molecular weight is 315 g/mol. The van der Waals surface area contributed by atoms with Gasteiger partial charge in [-0.15, -0.1) is 0 Å². The van der Waals surface area contributed by atoms with Crippen LogP contribution in [0.3, 0.4) is 0 Å². The predicted octanol–water partition coefficient (Wildman–Crippen LogP) is 3.14. The lowest BCUT2D eigenvalue weighted by Crippen LogP contribution is -2.43. The summed E-state index contributed by atoms with van der Waals surface area (Å²) in [5, 5.41) is 0. The number of thiocarbonyl (C=S) groups is 1. The van der Waals surface area contributed by atoms with Gasteiger partial charge < -0.3 is 9.80 Å². The van der Waals surface area contributed by atoms with Crippen molar-refractivity contribution in [1.29, 1.82) is 0 Å². The van der Waals surface area contributed by atoms with Gasteiger partial charge in [0.25, 0.3) is 0 Å². The zero-order valence-corrected chi connectivity index (χ0v) is 14.3. The largest absolute Gasteiger partial charge is 0.357 e. The lowest BCUT2D eigenvalue weighted by Gasteiger charge is -2.34. The summed E-state index contributed by atoms with van der Waals surface area (Å²) >= 11 is 7.03. The Hall–Kier alpha value is -0.290. The fourth-order valence-corrected chi connectivity index (χ4v) is 4.09. The molecule has 2 rings (SSSR count). The van der Waals surface area contributed by atoms with Crippen molar-refractivity contribution in [3.05, 3.63) is 0 Å². The SMILES string of the molecule is CC1CCN(C(=S)SCC(=O)N2CCCCC2C)CC1. The van der Waals surface area contributed by atoms with Crippen LogP contribution in [0.1, 0.15) is 46.0 Å². The maximum Gasteiger partial charge on any atom is 0.233 e. The highest BCUT2D eigenvalue weighted by Gasteiger charge is 2.24. The van der Waals surface area contributed by atoms with E-state index in [-0.39, 0.29) is 5.91 Å². The Morgan fingerprint density at radius 2 is 1.85 bits per heavy atom. The van der Waals surface area contributed by atoms with Crippen LogP contribution in [0.4, 0.5) is 0 Å². The molecule has 2 aliphatic heterocycles. The molecule has 0 aliphatic carbocycles. The number of hydrogen-bond donors (Lipinski definition) is 0. The first-order chi connectivity index (χ1) is 9.58. The van der Waals surface area contributed by atoms with E-state index >= 15 is 0 Å². The van der Waals surface area contributed by atoms with Crippen LogP contribution in [0.25, 0.3) is 0 Å². The van der Waals surface area contributed by atoms with E-state index in [4.69, 9.17) is 12.2 Å². The molecule has 3 nitrogen and oxygen atoms in total. The molecule has 2 aliphatic rings. The second-order valence-electron chi connectivity index (χ2n) is 6.16. The maximum absolute atomic E-state index is 12.3. The van der Waals surface area contributed by atoms with Crippen LogP contribution in [0.5, 0.6) is 0 Å². The monoisotopic (exact) mass is 314 g/mol. The van der Waals surface area contributed by atoms with Crippen LogP contribution in [0, 0.1) is 5.92 Å². The summed E-state index contributed by atoms with van der Waals surface area (Å²) in [6.45, 7) is 7.50. The second kappa shape index (κ2) is 7.64. The van der Waals surface area contributed by atoms with E-state index in [0.29, 0.717) is 11.8 Å². The molecule has 0 aromatic carbocycles. The number of rotatable bonds is 2. The van der Waals surface area contributed by atoms with E-state index in [2.05, 4.69) is 18.7 Å². The lowest BCUT2D eigenvalue weighted by atomic mass is 10.00. The first-order valence-electron chi connectivity index (χ1n) is 7.79. The van der Waals surface area contributed by atoms with Crippen molar-refractivity contribution in [2.45, 2.75) is 52.0 Å². The highest BCUT2D eigenvalue weighted by Crippen LogP contribution is 2.22. The molecule has 0 aromatic heterocycles. The summed E-state index contributed by atoms with van der Waals surface area (Å²) in [6, 6.07) is 0.404. The Labute approximate surface area is 132 Å². The molecule has 2 heterocycles. The summed E-state index contributed by atoms with van der Waals surface area (Å²) in [6.07, 6.45) is 5.98. The van der Waals surface area contributed by atoms with Crippen molar-refractivity contribution < 1.29 is 4.79 Å².